The third kappa shape index (κ3) is 2.44. The van der Waals surface area contributed by atoms with Crippen LogP contribution in [0.15, 0.2) is 29.1 Å². The van der Waals surface area contributed by atoms with Crippen LogP contribution in [0, 0.1) is 0 Å². The number of hydrogen-bond donors (Lipinski definition) is 4. The first-order chi connectivity index (χ1) is 10.5. The lowest BCUT2D eigenvalue weighted by atomic mass is 10.1. The molecule has 5 N–H and O–H groups in total. The van der Waals surface area contributed by atoms with E-state index in [2.05, 4.69) is 10.3 Å². The highest BCUT2D eigenvalue weighted by Crippen LogP contribution is 2.39. The zero-order chi connectivity index (χ0) is 15.9. The maximum atomic E-state index is 11.5. The number of nitrogens with two attached hydrogens (primary N) is 1. The minimum absolute atomic E-state index is 0.105. The Balaban J connectivity index is 2.33. The molecule has 0 radical (unpaired) electrons. The molecule has 1 unspecified atom stereocenters. The highest BCUT2D eigenvalue weighted by molar-refractivity contribution is 7.21. The van der Waals surface area contributed by atoms with E-state index in [-0.39, 0.29) is 16.5 Å². The lowest BCUT2D eigenvalue weighted by Gasteiger charge is -2.10. The zero-order valence-corrected chi connectivity index (χ0v) is 12.7. The van der Waals surface area contributed by atoms with E-state index in [1.54, 1.807) is 12.1 Å². The maximum absolute atomic E-state index is 11.5. The van der Waals surface area contributed by atoms with Gasteiger partial charge in [-0.25, -0.2) is 4.79 Å². The van der Waals surface area contributed by atoms with Crippen molar-refractivity contribution in [2.45, 2.75) is 13.0 Å². The maximum Gasteiger partial charge on any atom is 0.348 e. The molecule has 0 amide bonds. The van der Waals surface area contributed by atoms with Crippen molar-refractivity contribution in [3.05, 3.63) is 39.5 Å². The predicted molar refractivity (Wildman–Crippen MR) is 89.1 cm³/mol. The number of hydrogen-bond acceptors (Lipinski definition) is 5. The van der Waals surface area contributed by atoms with Crippen LogP contribution in [-0.2, 0) is 0 Å². The Bertz CT molecular complexity index is 927. The molecule has 0 saturated carbocycles. The summed E-state index contributed by atoms with van der Waals surface area (Å²) >= 11 is 1.21. The number of aromatic amines is 1. The molecule has 0 saturated heterocycles. The number of pyridine rings is 1. The second-order valence-electron chi connectivity index (χ2n) is 5.19. The summed E-state index contributed by atoms with van der Waals surface area (Å²) in [6.45, 7) is 2.31. The number of anilines is 1. The summed E-state index contributed by atoms with van der Waals surface area (Å²) in [5, 5.41) is 14.2. The van der Waals surface area contributed by atoms with Crippen molar-refractivity contribution in [3.8, 4) is 0 Å². The van der Waals surface area contributed by atoms with E-state index in [9.17, 15) is 14.7 Å². The van der Waals surface area contributed by atoms with Crippen LogP contribution < -0.4 is 16.6 Å². The SMILES string of the molecule is CC(N)CNc1c(C(=O)O)sc2ccc3[nH]c(=O)ccc3c12. The van der Waals surface area contributed by atoms with Crippen molar-refractivity contribution in [1.29, 1.82) is 0 Å². The summed E-state index contributed by atoms with van der Waals surface area (Å²) in [7, 11) is 0. The van der Waals surface area contributed by atoms with Gasteiger partial charge in [-0.05, 0) is 25.1 Å². The highest BCUT2D eigenvalue weighted by Gasteiger charge is 2.19. The minimum atomic E-state index is -0.981. The number of carboxylic acid groups (broad SMARTS) is 1. The molecule has 2 aromatic heterocycles. The van der Waals surface area contributed by atoms with E-state index >= 15 is 0 Å². The smallest absolute Gasteiger partial charge is 0.348 e. The predicted octanol–water partition coefficient (Wildman–Crippen LogP) is 2.20. The fourth-order valence-corrected chi connectivity index (χ4v) is 3.45. The Labute approximate surface area is 129 Å². The van der Waals surface area contributed by atoms with Gasteiger partial charge in [-0.1, -0.05) is 0 Å². The molecule has 0 aliphatic carbocycles. The Kier molecular flexibility index (Phi) is 3.59. The Morgan fingerprint density at radius 1 is 1.41 bits per heavy atom. The number of thiophene rings is 1. The summed E-state index contributed by atoms with van der Waals surface area (Å²) in [6.07, 6.45) is 0. The molecule has 0 spiro atoms. The van der Waals surface area contributed by atoms with Crippen molar-refractivity contribution in [1.82, 2.24) is 4.98 Å². The van der Waals surface area contributed by atoms with Crippen molar-refractivity contribution in [2.24, 2.45) is 5.73 Å². The number of aromatic carboxylic acids is 1. The summed E-state index contributed by atoms with van der Waals surface area (Å²) < 4.78 is 0.851. The van der Waals surface area contributed by atoms with Gasteiger partial charge in [0.05, 0.1) is 5.69 Å². The summed E-state index contributed by atoms with van der Waals surface area (Å²) in [6, 6.07) is 6.66. The normalized spacial score (nSPS) is 12.6. The van der Waals surface area contributed by atoms with Crippen molar-refractivity contribution >= 4 is 44.0 Å². The van der Waals surface area contributed by atoms with Gasteiger partial charge in [-0.15, -0.1) is 11.3 Å². The molecule has 0 aliphatic heterocycles. The second-order valence-corrected chi connectivity index (χ2v) is 6.24. The highest BCUT2D eigenvalue weighted by atomic mass is 32.1. The van der Waals surface area contributed by atoms with Crippen molar-refractivity contribution in [2.75, 3.05) is 11.9 Å². The number of rotatable bonds is 4. The molecule has 2 heterocycles. The standard InChI is InChI=1S/C15H15N3O3S/c1-7(16)6-17-13-12-8-2-5-11(19)18-9(8)3-4-10(12)22-14(13)15(20)21/h2-5,7,17H,6,16H2,1H3,(H,18,19)(H,20,21). The van der Waals surface area contributed by atoms with Crippen LogP contribution >= 0.6 is 11.3 Å². The fraction of sp³-hybridized carbons (Fsp3) is 0.200. The molecular weight excluding hydrogens is 302 g/mol. The Morgan fingerprint density at radius 3 is 2.86 bits per heavy atom. The summed E-state index contributed by atoms with van der Waals surface area (Å²) in [5.41, 5.74) is 6.81. The number of aromatic nitrogens is 1. The van der Waals surface area contributed by atoms with Crippen LogP contribution in [0.2, 0.25) is 0 Å². The number of carbonyl (C=O) groups is 1. The van der Waals surface area contributed by atoms with Gasteiger partial charge in [0.15, 0.2) is 0 Å². The molecule has 6 nitrogen and oxygen atoms in total. The van der Waals surface area contributed by atoms with E-state index in [0.29, 0.717) is 17.7 Å². The van der Waals surface area contributed by atoms with Gasteiger partial charge in [-0.3, -0.25) is 4.79 Å². The lowest BCUT2D eigenvalue weighted by molar-refractivity contribution is 0.0703. The number of nitrogens with one attached hydrogen (secondary N) is 2. The molecule has 3 aromatic rings. The van der Waals surface area contributed by atoms with Gasteiger partial charge >= 0.3 is 5.97 Å². The second kappa shape index (κ2) is 5.43. The Morgan fingerprint density at radius 2 is 2.18 bits per heavy atom. The molecule has 0 aliphatic rings. The average Bonchev–Trinajstić information content (AvgIpc) is 2.83. The van der Waals surface area contributed by atoms with E-state index in [1.165, 1.54) is 17.4 Å². The largest absolute Gasteiger partial charge is 0.477 e. The molecule has 1 atom stereocenters. The Hall–Kier alpha value is -2.38. The van der Waals surface area contributed by atoms with Gasteiger partial charge in [0.2, 0.25) is 5.56 Å². The van der Waals surface area contributed by atoms with E-state index in [0.717, 1.165) is 15.5 Å². The van der Waals surface area contributed by atoms with Gasteiger partial charge in [0, 0.05) is 39.6 Å². The number of benzene rings is 1. The van der Waals surface area contributed by atoms with Crippen LogP contribution in [0.5, 0.6) is 0 Å². The monoisotopic (exact) mass is 317 g/mol. The molecule has 114 valence electrons. The molecule has 0 fully saturated rings. The zero-order valence-electron chi connectivity index (χ0n) is 11.8. The van der Waals surface area contributed by atoms with Gasteiger partial charge in [0.25, 0.3) is 0 Å². The molecule has 0 bridgehead atoms. The molecule has 1 aromatic carbocycles. The number of fused-ring (bicyclic) bond motifs is 3. The van der Waals surface area contributed by atoms with Crippen LogP contribution in [-0.4, -0.2) is 28.6 Å². The van der Waals surface area contributed by atoms with Gasteiger partial charge < -0.3 is 21.1 Å². The minimum Gasteiger partial charge on any atom is -0.477 e. The molecule has 22 heavy (non-hydrogen) atoms. The lowest BCUT2D eigenvalue weighted by Crippen LogP contribution is -2.25. The summed E-state index contributed by atoms with van der Waals surface area (Å²) in [5.74, 6) is -0.981. The third-order valence-electron chi connectivity index (χ3n) is 3.35. The average molecular weight is 317 g/mol. The molecule has 7 heteroatoms. The quantitative estimate of drug-likeness (QED) is 0.590. The van der Waals surface area contributed by atoms with Crippen LogP contribution in [0.3, 0.4) is 0 Å². The summed E-state index contributed by atoms with van der Waals surface area (Å²) in [4.78, 5) is 26.0. The first kappa shape index (κ1) is 14.6. The van der Waals surface area contributed by atoms with Crippen LogP contribution in [0.1, 0.15) is 16.6 Å². The molecular formula is C15H15N3O3S. The molecule has 3 rings (SSSR count). The van der Waals surface area contributed by atoms with Crippen molar-refractivity contribution < 1.29 is 9.90 Å². The van der Waals surface area contributed by atoms with Gasteiger partial charge in [-0.2, -0.15) is 0 Å². The van der Waals surface area contributed by atoms with Crippen molar-refractivity contribution in [3.63, 3.8) is 0 Å². The first-order valence-corrected chi connectivity index (χ1v) is 7.60. The van der Waals surface area contributed by atoms with Crippen LogP contribution in [0.25, 0.3) is 21.0 Å². The first-order valence-electron chi connectivity index (χ1n) is 6.78. The number of carboxylic acids is 1. The number of H-pyrrole nitrogens is 1. The van der Waals surface area contributed by atoms with E-state index < -0.39 is 5.97 Å². The van der Waals surface area contributed by atoms with E-state index in [1.807, 2.05) is 13.0 Å². The third-order valence-corrected chi connectivity index (χ3v) is 4.49. The fourth-order valence-electron chi connectivity index (χ4n) is 2.41. The van der Waals surface area contributed by atoms with Crippen LogP contribution in [0.4, 0.5) is 5.69 Å². The van der Waals surface area contributed by atoms with E-state index in [4.69, 9.17) is 5.73 Å². The topological polar surface area (TPSA) is 108 Å². The van der Waals surface area contributed by atoms with Gasteiger partial charge in [0.1, 0.15) is 4.88 Å².